The van der Waals surface area contributed by atoms with E-state index in [1.54, 1.807) is 0 Å². The molecule has 0 aromatic heterocycles. The maximum Gasteiger partial charge on any atom is 0.0939 e. The minimum Gasteiger partial charge on any atom is -0.394 e. The van der Waals surface area contributed by atoms with Crippen molar-refractivity contribution >= 4 is 0 Å². The quantitative estimate of drug-likeness (QED) is 0.540. The van der Waals surface area contributed by atoms with Gasteiger partial charge < -0.3 is 10.2 Å². The fraction of sp³-hybridized carbons (Fsp3) is 0.875. The van der Waals surface area contributed by atoms with Crippen LogP contribution in [0.25, 0.3) is 0 Å². The normalized spacial score (nSPS) is 16.6. The van der Waals surface area contributed by atoms with Crippen LogP contribution in [0.1, 0.15) is 52.4 Å². The third kappa shape index (κ3) is 8.71. The molecule has 0 rings (SSSR count). The van der Waals surface area contributed by atoms with Gasteiger partial charge in [0, 0.05) is 11.8 Å². The summed E-state index contributed by atoms with van der Waals surface area (Å²) < 4.78 is 0. The summed E-state index contributed by atoms with van der Waals surface area (Å²) in [6.07, 6.45) is 4.18. The molecule has 4 atom stereocenters. The number of azo groups is 1. The third-order valence-corrected chi connectivity index (χ3v) is 3.86. The fourth-order valence-corrected chi connectivity index (χ4v) is 2.07. The maximum absolute atomic E-state index is 9.32. The molecule has 0 aliphatic heterocycles. The van der Waals surface area contributed by atoms with Crippen molar-refractivity contribution in [2.75, 3.05) is 13.2 Å². The molecule has 0 aliphatic rings. The van der Waals surface area contributed by atoms with Gasteiger partial charge in [0.1, 0.15) is 0 Å². The van der Waals surface area contributed by atoms with E-state index in [0.717, 1.165) is 12.8 Å². The van der Waals surface area contributed by atoms with Crippen LogP contribution in [0.5, 0.6) is 0 Å². The van der Waals surface area contributed by atoms with Crippen molar-refractivity contribution in [1.82, 2.24) is 0 Å². The summed E-state index contributed by atoms with van der Waals surface area (Å²) in [6.45, 7) is 3.70. The SMILES string of the molecule is CCC(C#N)CCC(CO)N=NC(CO)CCC(C#N)CC. The average Bonchev–Trinajstić information content (AvgIpc) is 2.56. The van der Waals surface area contributed by atoms with Crippen LogP contribution in [0.15, 0.2) is 10.2 Å². The molecule has 0 saturated heterocycles. The summed E-state index contributed by atoms with van der Waals surface area (Å²) in [4.78, 5) is 0. The summed E-state index contributed by atoms with van der Waals surface area (Å²) in [5.74, 6) is -0.0299. The van der Waals surface area contributed by atoms with Crippen LogP contribution in [-0.2, 0) is 0 Å². The van der Waals surface area contributed by atoms with Crippen LogP contribution < -0.4 is 0 Å². The van der Waals surface area contributed by atoms with Gasteiger partial charge in [-0.2, -0.15) is 20.8 Å². The van der Waals surface area contributed by atoms with E-state index >= 15 is 0 Å². The van der Waals surface area contributed by atoms with E-state index in [4.69, 9.17) is 10.5 Å². The molecule has 0 aromatic carbocycles. The van der Waals surface area contributed by atoms with Gasteiger partial charge in [0.2, 0.25) is 0 Å². The highest BCUT2D eigenvalue weighted by molar-refractivity contribution is 4.84. The molecule has 0 saturated carbocycles. The molecule has 124 valence electrons. The Hall–Kier alpha value is -1.50. The molecule has 2 N–H and O–H groups in total. The molecule has 0 fully saturated rings. The van der Waals surface area contributed by atoms with Crippen molar-refractivity contribution in [3.63, 3.8) is 0 Å². The number of hydrogen-bond donors (Lipinski definition) is 2. The molecular formula is C16H28N4O2. The second-order valence-corrected chi connectivity index (χ2v) is 5.53. The Morgan fingerprint density at radius 3 is 1.36 bits per heavy atom. The highest BCUT2D eigenvalue weighted by Gasteiger charge is 2.14. The van der Waals surface area contributed by atoms with Gasteiger partial charge in [0.15, 0.2) is 0 Å². The lowest BCUT2D eigenvalue weighted by Gasteiger charge is -2.13. The van der Waals surface area contributed by atoms with Crippen molar-refractivity contribution < 1.29 is 10.2 Å². The second kappa shape index (κ2) is 13.2. The molecule has 0 aliphatic carbocycles. The largest absolute Gasteiger partial charge is 0.394 e. The van der Waals surface area contributed by atoms with E-state index in [1.807, 2.05) is 13.8 Å². The zero-order valence-corrected chi connectivity index (χ0v) is 13.6. The van der Waals surface area contributed by atoms with Crippen LogP contribution in [0.2, 0.25) is 0 Å². The summed E-state index contributed by atoms with van der Waals surface area (Å²) in [6, 6.07) is 3.81. The van der Waals surface area contributed by atoms with Crippen LogP contribution in [-0.4, -0.2) is 35.5 Å². The zero-order valence-electron chi connectivity index (χ0n) is 13.6. The van der Waals surface area contributed by atoms with Crippen LogP contribution >= 0.6 is 0 Å². The topological polar surface area (TPSA) is 113 Å². The average molecular weight is 308 g/mol. The Labute approximate surface area is 133 Å². The molecule has 0 bridgehead atoms. The van der Waals surface area contributed by atoms with E-state index in [1.165, 1.54) is 0 Å². The highest BCUT2D eigenvalue weighted by atomic mass is 16.3. The van der Waals surface area contributed by atoms with Crippen LogP contribution in [0.3, 0.4) is 0 Å². The molecule has 0 amide bonds. The minimum atomic E-state index is -0.325. The number of aliphatic hydroxyl groups is 2. The summed E-state index contributed by atoms with van der Waals surface area (Å²) in [5, 5.41) is 44.7. The molecule has 0 radical (unpaired) electrons. The molecule has 0 spiro atoms. The van der Waals surface area contributed by atoms with E-state index in [-0.39, 0.29) is 37.1 Å². The first-order chi connectivity index (χ1) is 10.6. The number of nitriles is 2. The van der Waals surface area contributed by atoms with E-state index in [0.29, 0.717) is 25.7 Å². The van der Waals surface area contributed by atoms with E-state index in [2.05, 4.69) is 22.4 Å². The van der Waals surface area contributed by atoms with Crippen molar-refractivity contribution in [3.05, 3.63) is 0 Å². The third-order valence-electron chi connectivity index (χ3n) is 3.86. The Balaban J connectivity index is 4.35. The van der Waals surface area contributed by atoms with Gasteiger partial charge in [-0.1, -0.05) is 13.8 Å². The van der Waals surface area contributed by atoms with Gasteiger partial charge in [0.25, 0.3) is 0 Å². The van der Waals surface area contributed by atoms with E-state index in [9.17, 15) is 10.2 Å². The molecule has 6 nitrogen and oxygen atoms in total. The summed E-state index contributed by atoms with van der Waals surface area (Å²) in [7, 11) is 0. The van der Waals surface area contributed by atoms with Gasteiger partial charge in [-0.3, -0.25) is 0 Å². The molecule has 22 heavy (non-hydrogen) atoms. The molecule has 6 heteroatoms. The Bertz CT molecular complexity index is 351. The number of hydrogen-bond acceptors (Lipinski definition) is 6. The molecule has 0 heterocycles. The Kier molecular flexibility index (Phi) is 12.3. The Morgan fingerprint density at radius 2 is 1.14 bits per heavy atom. The van der Waals surface area contributed by atoms with E-state index < -0.39 is 0 Å². The molecule has 0 aromatic rings. The summed E-state index contributed by atoms with van der Waals surface area (Å²) in [5.41, 5.74) is 0. The zero-order chi connectivity index (χ0) is 16.8. The number of rotatable bonds is 12. The molecular weight excluding hydrogens is 280 g/mol. The molecule has 4 unspecified atom stereocenters. The van der Waals surface area contributed by atoms with Gasteiger partial charge in [-0.05, 0) is 38.5 Å². The lowest BCUT2D eigenvalue weighted by molar-refractivity contribution is 0.233. The van der Waals surface area contributed by atoms with Gasteiger partial charge in [0.05, 0.1) is 37.4 Å². The lowest BCUT2D eigenvalue weighted by atomic mass is 9.99. The van der Waals surface area contributed by atoms with Crippen molar-refractivity contribution in [1.29, 1.82) is 10.5 Å². The van der Waals surface area contributed by atoms with Gasteiger partial charge >= 0.3 is 0 Å². The minimum absolute atomic E-state index is 0.0150. The predicted octanol–water partition coefficient (Wildman–Crippen LogP) is 2.82. The maximum atomic E-state index is 9.32. The monoisotopic (exact) mass is 308 g/mol. The number of aliphatic hydroxyl groups excluding tert-OH is 2. The standard InChI is InChI=1S/C16H28N4O2/c1-3-13(9-17)5-7-15(11-21)19-20-16(12-22)8-6-14(4-2)10-18/h13-16,21-22H,3-8,11-12H2,1-2H3. The predicted molar refractivity (Wildman–Crippen MR) is 83.9 cm³/mol. The number of nitrogens with zero attached hydrogens (tertiary/aromatic N) is 4. The highest BCUT2D eigenvalue weighted by Crippen LogP contribution is 2.16. The second-order valence-electron chi connectivity index (χ2n) is 5.53. The first-order valence-corrected chi connectivity index (χ1v) is 8.05. The lowest BCUT2D eigenvalue weighted by Crippen LogP contribution is -2.15. The first-order valence-electron chi connectivity index (χ1n) is 8.05. The van der Waals surface area contributed by atoms with Crippen LogP contribution in [0, 0.1) is 34.5 Å². The van der Waals surface area contributed by atoms with Crippen molar-refractivity contribution in [2.24, 2.45) is 22.1 Å². The van der Waals surface area contributed by atoms with Crippen molar-refractivity contribution in [2.45, 2.75) is 64.5 Å². The smallest absolute Gasteiger partial charge is 0.0939 e. The van der Waals surface area contributed by atoms with Gasteiger partial charge in [-0.15, -0.1) is 0 Å². The fourth-order valence-electron chi connectivity index (χ4n) is 2.07. The van der Waals surface area contributed by atoms with Crippen LogP contribution in [0.4, 0.5) is 0 Å². The van der Waals surface area contributed by atoms with Crippen molar-refractivity contribution in [3.8, 4) is 12.1 Å². The summed E-state index contributed by atoms with van der Waals surface area (Å²) >= 11 is 0. The van der Waals surface area contributed by atoms with Gasteiger partial charge in [-0.25, -0.2) is 0 Å². The first kappa shape index (κ1) is 20.5. The Morgan fingerprint density at radius 1 is 0.773 bits per heavy atom.